The molecule has 2 heterocycles. The summed E-state index contributed by atoms with van der Waals surface area (Å²) in [7, 11) is 0. The van der Waals surface area contributed by atoms with Gasteiger partial charge in [0.15, 0.2) is 0 Å². The molecule has 4 rings (SSSR count). The highest BCUT2D eigenvalue weighted by Crippen LogP contribution is 2.50. The molecule has 134 valence electrons. The van der Waals surface area contributed by atoms with Gasteiger partial charge in [0.2, 0.25) is 0 Å². The van der Waals surface area contributed by atoms with Crippen LogP contribution in [-0.4, -0.2) is 9.55 Å². The summed E-state index contributed by atoms with van der Waals surface area (Å²) < 4.78 is 3.34. The quantitative estimate of drug-likeness (QED) is 0.565. The molecular formula is C23H20BrN3. The van der Waals surface area contributed by atoms with Crippen LogP contribution in [0, 0.1) is 0 Å². The van der Waals surface area contributed by atoms with Crippen LogP contribution in [0.25, 0.3) is 11.4 Å². The standard InChI is InChI=1S/C23H20BrN3/c1-17(6-4-5-13-25)16-23(18-9-11-19(24)12-10-18)21-8-3-2-7-20(21)22-26-14-15-27(22)23/h2-15H,1,16,25H2/b6-4-,13-5-. The van der Waals surface area contributed by atoms with E-state index in [4.69, 9.17) is 5.73 Å². The molecule has 27 heavy (non-hydrogen) atoms. The highest BCUT2D eigenvalue weighted by atomic mass is 79.9. The van der Waals surface area contributed by atoms with Gasteiger partial charge in [0, 0.05) is 28.9 Å². The lowest BCUT2D eigenvalue weighted by molar-refractivity contribution is 0.452. The second kappa shape index (κ2) is 7.05. The summed E-state index contributed by atoms with van der Waals surface area (Å²) in [5.74, 6) is 0.993. The number of hydrogen-bond donors (Lipinski definition) is 1. The summed E-state index contributed by atoms with van der Waals surface area (Å²) in [5, 5.41) is 0. The van der Waals surface area contributed by atoms with Crippen LogP contribution in [0.2, 0.25) is 0 Å². The maximum absolute atomic E-state index is 5.44. The number of imidazole rings is 1. The zero-order valence-electron chi connectivity index (χ0n) is 14.8. The average Bonchev–Trinajstić information content (AvgIpc) is 3.25. The van der Waals surface area contributed by atoms with Crippen LogP contribution >= 0.6 is 15.9 Å². The van der Waals surface area contributed by atoms with E-state index in [-0.39, 0.29) is 5.54 Å². The molecule has 0 aliphatic carbocycles. The molecule has 2 aromatic carbocycles. The molecule has 1 aliphatic heterocycles. The Hall–Kier alpha value is -2.85. The monoisotopic (exact) mass is 417 g/mol. The molecule has 1 aromatic heterocycles. The number of rotatable bonds is 5. The predicted octanol–water partition coefficient (Wildman–Crippen LogP) is 5.39. The first-order valence-electron chi connectivity index (χ1n) is 8.79. The van der Waals surface area contributed by atoms with E-state index in [0.717, 1.165) is 22.3 Å². The largest absolute Gasteiger partial charge is 0.405 e. The van der Waals surface area contributed by atoms with E-state index in [0.29, 0.717) is 0 Å². The maximum Gasteiger partial charge on any atom is 0.141 e. The highest BCUT2D eigenvalue weighted by Gasteiger charge is 2.44. The van der Waals surface area contributed by atoms with Gasteiger partial charge in [0.25, 0.3) is 0 Å². The Bertz CT molecular complexity index is 1040. The van der Waals surface area contributed by atoms with Crippen LogP contribution in [0.4, 0.5) is 0 Å². The fourth-order valence-corrected chi connectivity index (χ4v) is 4.19. The number of halogens is 1. The fourth-order valence-electron chi connectivity index (χ4n) is 3.93. The minimum atomic E-state index is -0.378. The van der Waals surface area contributed by atoms with Gasteiger partial charge in [0.1, 0.15) is 11.4 Å². The smallest absolute Gasteiger partial charge is 0.141 e. The number of nitrogens with zero attached hydrogens (tertiary/aromatic N) is 2. The van der Waals surface area contributed by atoms with Gasteiger partial charge in [0.05, 0.1) is 0 Å². The van der Waals surface area contributed by atoms with Crippen molar-refractivity contribution in [3.05, 3.63) is 113 Å². The van der Waals surface area contributed by atoms with Crippen molar-refractivity contribution in [2.45, 2.75) is 12.0 Å². The molecule has 2 N–H and O–H groups in total. The number of benzene rings is 2. The Balaban J connectivity index is 1.93. The summed E-state index contributed by atoms with van der Waals surface area (Å²) in [6, 6.07) is 17.0. The third-order valence-electron chi connectivity index (χ3n) is 5.02. The van der Waals surface area contributed by atoms with Crippen molar-refractivity contribution >= 4 is 15.9 Å². The summed E-state index contributed by atoms with van der Waals surface area (Å²) >= 11 is 3.55. The lowest BCUT2D eigenvalue weighted by Crippen LogP contribution is -2.33. The van der Waals surface area contributed by atoms with E-state index in [9.17, 15) is 0 Å². The van der Waals surface area contributed by atoms with E-state index < -0.39 is 0 Å². The van der Waals surface area contributed by atoms with Gasteiger partial charge in [-0.05, 0) is 35.5 Å². The van der Waals surface area contributed by atoms with Crippen LogP contribution in [-0.2, 0) is 5.54 Å². The van der Waals surface area contributed by atoms with Gasteiger partial charge in [-0.15, -0.1) is 0 Å². The SMILES string of the molecule is C=C(/C=C\C=C/N)CC1(c2ccc(Br)cc2)c2ccccc2-c2nccn21. The minimum Gasteiger partial charge on any atom is -0.405 e. The van der Waals surface area contributed by atoms with E-state index in [2.05, 4.69) is 86.8 Å². The molecule has 0 fully saturated rings. The highest BCUT2D eigenvalue weighted by molar-refractivity contribution is 9.10. The molecule has 1 unspecified atom stereocenters. The lowest BCUT2D eigenvalue weighted by Gasteiger charge is -2.34. The molecule has 1 atom stereocenters. The Morgan fingerprint density at radius 1 is 1.15 bits per heavy atom. The summed E-state index contributed by atoms with van der Waals surface area (Å²) in [6.45, 7) is 4.30. The Labute approximate surface area is 167 Å². The van der Waals surface area contributed by atoms with Crippen molar-refractivity contribution in [1.29, 1.82) is 0 Å². The summed E-state index contributed by atoms with van der Waals surface area (Å²) in [5.41, 5.74) is 9.71. The Morgan fingerprint density at radius 3 is 2.70 bits per heavy atom. The summed E-state index contributed by atoms with van der Waals surface area (Å²) in [4.78, 5) is 4.64. The molecule has 0 bridgehead atoms. The van der Waals surface area contributed by atoms with Crippen molar-refractivity contribution in [1.82, 2.24) is 9.55 Å². The predicted molar refractivity (Wildman–Crippen MR) is 114 cm³/mol. The van der Waals surface area contributed by atoms with Gasteiger partial charge < -0.3 is 10.3 Å². The molecule has 0 radical (unpaired) electrons. The van der Waals surface area contributed by atoms with E-state index >= 15 is 0 Å². The normalized spacial score (nSPS) is 18.1. The van der Waals surface area contributed by atoms with Gasteiger partial charge in [-0.2, -0.15) is 0 Å². The first-order chi connectivity index (χ1) is 13.2. The Morgan fingerprint density at radius 2 is 1.93 bits per heavy atom. The fraction of sp³-hybridized carbons (Fsp3) is 0.0870. The molecule has 3 nitrogen and oxygen atoms in total. The topological polar surface area (TPSA) is 43.8 Å². The molecule has 1 aliphatic rings. The van der Waals surface area contributed by atoms with Gasteiger partial charge in [-0.3, -0.25) is 0 Å². The molecule has 0 spiro atoms. The van der Waals surface area contributed by atoms with Crippen molar-refractivity contribution in [3.8, 4) is 11.4 Å². The van der Waals surface area contributed by atoms with E-state index in [1.54, 1.807) is 0 Å². The van der Waals surface area contributed by atoms with Gasteiger partial charge in [-0.1, -0.05) is 76.6 Å². The molecular weight excluding hydrogens is 398 g/mol. The first-order valence-corrected chi connectivity index (χ1v) is 9.58. The summed E-state index contributed by atoms with van der Waals surface area (Å²) in [6.07, 6.45) is 11.9. The number of nitrogens with two attached hydrogens (primary N) is 1. The number of hydrogen-bond acceptors (Lipinski definition) is 2. The Kier molecular flexibility index (Phi) is 4.58. The number of aromatic nitrogens is 2. The second-order valence-corrected chi connectivity index (χ2v) is 7.53. The molecule has 0 saturated carbocycles. The molecule has 0 saturated heterocycles. The third-order valence-corrected chi connectivity index (χ3v) is 5.55. The van der Waals surface area contributed by atoms with E-state index in [1.165, 1.54) is 22.9 Å². The minimum absolute atomic E-state index is 0.378. The van der Waals surface area contributed by atoms with Gasteiger partial charge in [-0.25, -0.2) is 4.98 Å². The van der Waals surface area contributed by atoms with E-state index in [1.807, 2.05) is 24.4 Å². The second-order valence-electron chi connectivity index (χ2n) is 6.61. The van der Waals surface area contributed by atoms with Crippen LogP contribution in [0.1, 0.15) is 17.5 Å². The molecule has 3 aromatic rings. The van der Waals surface area contributed by atoms with Crippen molar-refractivity contribution in [2.75, 3.05) is 0 Å². The van der Waals surface area contributed by atoms with Crippen molar-refractivity contribution in [3.63, 3.8) is 0 Å². The van der Waals surface area contributed by atoms with Crippen LogP contribution in [0.3, 0.4) is 0 Å². The first kappa shape index (κ1) is 17.6. The van der Waals surface area contributed by atoms with Crippen molar-refractivity contribution in [2.24, 2.45) is 5.73 Å². The van der Waals surface area contributed by atoms with Gasteiger partial charge >= 0.3 is 0 Å². The van der Waals surface area contributed by atoms with Crippen LogP contribution < -0.4 is 5.73 Å². The van der Waals surface area contributed by atoms with Crippen LogP contribution in [0.15, 0.2) is 102 Å². The molecule has 4 heteroatoms. The maximum atomic E-state index is 5.44. The zero-order valence-corrected chi connectivity index (χ0v) is 16.4. The van der Waals surface area contributed by atoms with Crippen molar-refractivity contribution < 1.29 is 0 Å². The van der Waals surface area contributed by atoms with Crippen LogP contribution in [0.5, 0.6) is 0 Å². The average molecular weight is 418 g/mol. The molecule has 0 amide bonds. The zero-order chi connectivity index (χ0) is 18.9. The third kappa shape index (κ3) is 2.86. The lowest BCUT2D eigenvalue weighted by atomic mass is 9.78. The number of fused-ring (bicyclic) bond motifs is 3. The number of allylic oxidation sites excluding steroid dienone is 4.